The molecule has 0 aromatic carbocycles. The SMILES string of the molecule is C[C@H](CCO)[C@H]1CC[C@H]2[C@@H]3C[C@H](O)[C@@H]4C[C@H](O)CC[C@]4(C)[C@H]3CC[C@]12C. The predicted octanol–water partition coefficient (Wildman–Crippen LogP) is 4.00. The lowest BCUT2D eigenvalue weighted by atomic mass is 9.44. The first-order chi connectivity index (χ1) is 12.3. The molecule has 4 fully saturated rings. The first kappa shape index (κ1) is 19.2. The van der Waals surface area contributed by atoms with Crippen LogP contribution in [0.5, 0.6) is 0 Å². The van der Waals surface area contributed by atoms with E-state index in [4.69, 9.17) is 0 Å². The summed E-state index contributed by atoms with van der Waals surface area (Å²) in [4.78, 5) is 0. The Morgan fingerprint density at radius 1 is 0.885 bits per heavy atom. The van der Waals surface area contributed by atoms with Crippen LogP contribution < -0.4 is 0 Å². The van der Waals surface area contributed by atoms with E-state index in [-0.39, 0.29) is 17.6 Å². The molecule has 0 bridgehead atoms. The zero-order valence-corrected chi connectivity index (χ0v) is 17.0. The van der Waals surface area contributed by atoms with Crippen molar-refractivity contribution in [2.24, 2.45) is 46.3 Å². The summed E-state index contributed by atoms with van der Waals surface area (Å²) in [5.74, 6) is 3.76. The molecule has 0 aromatic heterocycles. The fourth-order valence-electron chi connectivity index (χ4n) is 8.66. The van der Waals surface area contributed by atoms with Crippen molar-refractivity contribution in [3.63, 3.8) is 0 Å². The Labute approximate surface area is 159 Å². The van der Waals surface area contributed by atoms with E-state index >= 15 is 0 Å². The van der Waals surface area contributed by atoms with Gasteiger partial charge < -0.3 is 15.3 Å². The monoisotopic (exact) mass is 364 g/mol. The molecule has 4 saturated carbocycles. The standard InChI is InChI=1S/C23H40O3/c1-14(8-11-24)17-4-5-18-16-13-21(26)20-12-15(25)6-9-23(20,3)19(16)7-10-22(17,18)2/h14-21,24-26H,4-13H2,1-3H3/t14-,15-,16+,17-,18+,19+,20+,21+,22-,23-/m1/s1. The van der Waals surface area contributed by atoms with Crippen LogP contribution >= 0.6 is 0 Å². The maximum absolute atomic E-state index is 11.0. The molecule has 0 saturated heterocycles. The van der Waals surface area contributed by atoms with Crippen molar-refractivity contribution in [1.29, 1.82) is 0 Å². The molecule has 4 aliphatic carbocycles. The van der Waals surface area contributed by atoms with E-state index in [0.29, 0.717) is 29.8 Å². The molecule has 4 rings (SSSR count). The number of aliphatic hydroxyl groups is 3. The van der Waals surface area contributed by atoms with Gasteiger partial charge in [0.25, 0.3) is 0 Å². The third-order valence-corrected chi connectivity index (χ3v) is 10.00. The van der Waals surface area contributed by atoms with Crippen molar-refractivity contribution in [2.75, 3.05) is 6.61 Å². The lowest BCUT2D eigenvalue weighted by molar-refractivity contribution is -0.172. The van der Waals surface area contributed by atoms with E-state index in [1.54, 1.807) is 0 Å². The molecular formula is C23H40O3. The quantitative estimate of drug-likeness (QED) is 0.709. The van der Waals surface area contributed by atoms with Gasteiger partial charge in [0.2, 0.25) is 0 Å². The van der Waals surface area contributed by atoms with Crippen LogP contribution in [-0.4, -0.2) is 34.1 Å². The summed E-state index contributed by atoms with van der Waals surface area (Å²) in [6.07, 6.45) is 9.51. The van der Waals surface area contributed by atoms with E-state index < -0.39 is 0 Å². The Morgan fingerprint density at radius 2 is 1.58 bits per heavy atom. The van der Waals surface area contributed by atoms with Gasteiger partial charge in [-0.05, 0) is 104 Å². The highest BCUT2D eigenvalue weighted by atomic mass is 16.3. The van der Waals surface area contributed by atoms with Crippen molar-refractivity contribution in [3.8, 4) is 0 Å². The summed E-state index contributed by atoms with van der Waals surface area (Å²) < 4.78 is 0. The number of fused-ring (bicyclic) bond motifs is 5. The van der Waals surface area contributed by atoms with Gasteiger partial charge in [0.1, 0.15) is 0 Å². The summed E-state index contributed by atoms with van der Waals surface area (Å²) in [5.41, 5.74) is 0.616. The Bertz CT molecular complexity index is 522. The van der Waals surface area contributed by atoms with E-state index in [0.717, 1.165) is 49.9 Å². The van der Waals surface area contributed by atoms with Gasteiger partial charge in [0.05, 0.1) is 12.2 Å². The predicted molar refractivity (Wildman–Crippen MR) is 103 cm³/mol. The number of hydrogen-bond donors (Lipinski definition) is 3. The summed E-state index contributed by atoms with van der Waals surface area (Å²) in [5, 5.41) is 30.7. The molecule has 0 radical (unpaired) electrons. The molecule has 3 heteroatoms. The Kier molecular flexibility index (Phi) is 4.98. The fraction of sp³-hybridized carbons (Fsp3) is 1.00. The van der Waals surface area contributed by atoms with Crippen LogP contribution in [-0.2, 0) is 0 Å². The summed E-state index contributed by atoms with van der Waals surface area (Å²) in [7, 11) is 0. The second-order valence-electron chi connectivity index (χ2n) is 10.9. The van der Waals surface area contributed by atoms with E-state index in [9.17, 15) is 15.3 Å². The van der Waals surface area contributed by atoms with Gasteiger partial charge in [0, 0.05) is 6.61 Å². The average Bonchev–Trinajstić information content (AvgIpc) is 2.94. The maximum Gasteiger partial charge on any atom is 0.0577 e. The molecular weight excluding hydrogens is 324 g/mol. The summed E-state index contributed by atoms with van der Waals surface area (Å²) in [6, 6.07) is 0. The minimum atomic E-state index is -0.229. The van der Waals surface area contributed by atoms with Gasteiger partial charge in [-0.15, -0.1) is 0 Å². The van der Waals surface area contributed by atoms with E-state index in [1.807, 2.05) is 0 Å². The van der Waals surface area contributed by atoms with Crippen molar-refractivity contribution in [1.82, 2.24) is 0 Å². The Balaban J connectivity index is 1.60. The summed E-state index contributed by atoms with van der Waals surface area (Å²) in [6.45, 7) is 7.62. The van der Waals surface area contributed by atoms with Crippen LogP contribution in [0.4, 0.5) is 0 Å². The van der Waals surface area contributed by atoms with Gasteiger partial charge in [-0.3, -0.25) is 0 Å². The van der Waals surface area contributed by atoms with Crippen LogP contribution in [0.25, 0.3) is 0 Å². The highest BCUT2D eigenvalue weighted by molar-refractivity contribution is 5.11. The van der Waals surface area contributed by atoms with Crippen LogP contribution in [0, 0.1) is 46.3 Å². The van der Waals surface area contributed by atoms with Crippen molar-refractivity contribution >= 4 is 0 Å². The fourth-order valence-corrected chi connectivity index (χ4v) is 8.66. The molecule has 4 aliphatic rings. The second kappa shape index (κ2) is 6.74. The zero-order valence-electron chi connectivity index (χ0n) is 17.0. The highest BCUT2D eigenvalue weighted by Gasteiger charge is 2.62. The van der Waals surface area contributed by atoms with Gasteiger partial charge >= 0.3 is 0 Å². The minimum Gasteiger partial charge on any atom is -0.396 e. The molecule has 26 heavy (non-hydrogen) atoms. The van der Waals surface area contributed by atoms with Crippen LogP contribution in [0.1, 0.15) is 78.6 Å². The van der Waals surface area contributed by atoms with Crippen LogP contribution in [0.15, 0.2) is 0 Å². The second-order valence-corrected chi connectivity index (χ2v) is 10.9. The normalized spacial score (nSPS) is 54.9. The molecule has 0 aliphatic heterocycles. The van der Waals surface area contributed by atoms with Crippen LogP contribution in [0.2, 0.25) is 0 Å². The molecule has 0 amide bonds. The van der Waals surface area contributed by atoms with Crippen molar-refractivity contribution in [2.45, 2.75) is 90.8 Å². The van der Waals surface area contributed by atoms with Gasteiger partial charge in [-0.1, -0.05) is 20.8 Å². The molecule has 0 heterocycles. The molecule has 10 atom stereocenters. The average molecular weight is 365 g/mol. The third-order valence-electron chi connectivity index (χ3n) is 10.00. The highest BCUT2D eigenvalue weighted by Crippen LogP contribution is 2.68. The number of aliphatic hydroxyl groups excluding tert-OH is 3. The van der Waals surface area contributed by atoms with Crippen molar-refractivity contribution < 1.29 is 15.3 Å². The topological polar surface area (TPSA) is 60.7 Å². The maximum atomic E-state index is 11.0. The third kappa shape index (κ3) is 2.71. The molecule has 0 unspecified atom stereocenters. The Hall–Kier alpha value is -0.120. The van der Waals surface area contributed by atoms with Gasteiger partial charge in [-0.25, -0.2) is 0 Å². The lowest BCUT2D eigenvalue weighted by Crippen LogP contribution is -2.58. The lowest BCUT2D eigenvalue weighted by Gasteiger charge is -2.62. The minimum absolute atomic E-state index is 0.205. The smallest absolute Gasteiger partial charge is 0.0577 e. The largest absolute Gasteiger partial charge is 0.396 e. The zero-order chi connectivity index (χ0) is 18.7. The first-order valence-electron chi connectivity index (χ1n) is 11.3. The number of rotatable bonds is 3. The van der Waals surface area contributed by atoms with Crippen molar-refractivity contribution in [3.05, 3.63) is 0 Å². The molecule has 0 spiro atoms. The first-order valence-corrected chi connectivity index (χ1v) is 11.3. The van der Waals surface area contributed by atoms with Gasteiger partial charge in [0.15, 0.2) is 0 Å². The number of hydrogen-bond acceptors (Lipinski definition) is 3. The van der Waals surface area contributed by atoms with E-state index in [1.165, 1.54) is 25.7 Å². The molecule has 0 aromatic rings. The summed E-state index contributed by atoms with van der Waals surface area (Å²) >= 11 is 0. The van der Waals surface area contributed by atoms with Crippen LogP contribution in [0.3, 0.4) is 0 Å². The molecule has 3 N–H and O–H groups in total. The van der Waals surface area contributed by atoms with E-state index in [2.05, 4.69) is 20.8 Å². The molecule has 3 nitrogen and oxygen atoms in total. The Morgan fingerprint density at radius 3 is 2.31 bits per heavy atom. The van der Waals surface area contributed by atoms with Gasteiger partial charge in [-0.2, -0.15) is 0 Å². The molecule has 150 valence electrons.